The first-order valence-corrected chi connectivity index (χ1v) is 6.87. The van der Waals surface area contributed by atoms with Crippen molar-refractivity contribution < 1.29 is 44.5 Å². The van der Waals surface area contributed by atoms with Crippen molar-refractivity contribution in [3.05, 3.63) is 17.2 Å². The summed E-state index contributed by atoms with van der Waals surface area (Å²) in [4.78, 5) is 12.1. The fourth-order valence-electron chi connectivity index (χ4n) is 2.95. The fraction of sp³-hybridized carbons (Fsp3) is 0.500. The van der Waals surface area contributed by atoms with E-state index < -0.39 is 54.6 Å². The van der Waals surface area contributed by atoms with Crippen LogP contribution in [0.25, 0.3) is 0 Å². The third kappa shape index (κ3) is 2.20. The Hall–Kier alpha value is -2.07. The van der Waals surface area contributed by atoms with Crippen LogP contribution in [-0.4, -0.2) is 69.6 Å². The van der Waals surface area contributed by atoms with Crippen molar-refractivity contribution in [3.8, 4) is 17.2 Å². The van der Waals surface area contributed by atoms with Crippen LogP contribution >= 0.6 is 0 Å². The van der Waals surface area contributed by atoms with Gasteiger partial charge in [-0.25, -0.2) is 4.79 Å². The Bertz CT molecular complexity index is 644. The lowest BCUT2D eigenvalue weighted by Crippen LogP contribution is -2.58. The van der Waals surface area contributed by atoms with Gasteiger partial charge in [0.1, 0.15) is 24.4 Å². The molecule has 0 spiro atoms. The predicted molar refractivity (Wildman–Crippen MR) is 72.2 cm³/mol. The second-order valence-electron chi connectivity index (χ2n) is 5.37. The quantitative estimate of drug-likeness (QED) is 0.422. The number of aliphatic hydroxyl groups excluding tert-OH is 3. The Balaban J connectivity index is 2.16. The Morgan fingerprint density at radius 2 is 1.96 bits per heavy atom. The number of fused-ring (bicyclic) bond motifs is 3. The van der Waals surface area contributed by atoms with Gasteiger partial charge in [0.15, 0.2) is 17.6 Å². The number of phenols is 2. The van der Waals surface area contributed by atoms with Crippen LogP contribution in [0.3, 0.4) is 0 Å². The predicted octanol–water partition coefficient (Wildman–Crippen LogP) is -1.20. The number of aliphatic hydroxyl groups is 3. The third-order valence-corrected chi connectivity index (χ3v) is 4.09. The number of phenolic OH excluding ortho intramolecular Hbond substituents is 2. The summed E-state index contributed by atoms with van der Waals surface area (Å²) in [5.41, 5.74) is -0.187. The minimum atomic E-state index is -1.51. The molecule has 126 valence electrons. The number of hydrogen-bond acceptors (Lipinski definition) is 9. The summed E-state index contributed by atoms with van der Waals surface area (Å²) in [5.74, 6) is -2.16. The van der Waals surface area contributed by atoms with Crippen LogP contribution in [0.15, 0.2) is 6.07 Å². The van der Waals surface area contributed by atoms with Crippen LogP contribution in [-0.2, 0) is 9.47 Å². The van der Waals surface area contributed by atoms with Crippen LogP contribution in [0.4, 0.5) is 0 Å². The molecule has 1 saturated heterocycles. The molecule has 2 aliphatic rings. The second-order valence-corrected chi connectivity index (χ2v) is 5.37. The van der Waals surface area contributed by atoms with Gasteiger partial charge in [0.2, 0.25) is 5.75 Å². The summed E-state index contributed by atoms with van der Waals surface area (Å²) in [5, 5.41) is 49.3. The molecular formula is C14H16O9. The SMILES string of the molecule is COc1c(O)cc2c(c1O)C1OC(CO)[C@@H](O)C(O)[C@H]1OC2=O. The van der Waals surface area contributed by atoms with E-state index in [4.69, 9.17) is 14.2 Å². The second kappa shape index (κ2) is 5.53. The van der Waals surface area contributed by atoms with E-state index in [9.17, 15) is 30.3 Å². The minimum Gasteiger partial charge on any atom is -0.504 e. The lowest BCUT2D eigenvalue weighted by atomic mass is 9.86. The molecule has 0 aromatic heterocycles. The molecule has 5 N–H and O–H groups in total. The summed E-state index contributed by atoms with van der Waals surface area (Å²) >= 11 is 0. The number of esters is 1. The molecule has 9 nitrogen and oxygen atoms in total. The molecule has 2 heterocycles. The molecule has 3 rings (SSSR count). The van der Waals surface area contributed by atoms with Gasteiger partial charge in [-0.3, -0.25) is 0 Å². The number of methoxy groups -OCH3 is 1. The molecule has 0 bridgehead atoms. The van der Waals surface area contributed by atoms with Crippen molar-refractivity contribution in [1.82, 2.24) is 0 Å². The van der Waals surface area contributed by atoms with Crippen LogP contribution in [0.5, 0.6) is 17.2 Å². The number of benzene rings is 1. The highest BCUT2D eigenvalue weighted by Crippen LogP contribution is 2.49. The maximum absolute atomic E-state index is 12.1. The number of carbonyl (C=O) groups excluding carboxylic acids is 1. The van der Waals surface area contributed by atoms with Gasteiger partial charge in [-0.05, 0) is 6.07 Å². The molecule has 0 aliphatic carbocycles. The molecule has 0 saturated carbocycles. The highest BCUT2D eigenvalue weighted by molar-refractivity contribution is 5.95. The molecular weight excluding hydrogens is 312 g/mol. The lowest BCUT2D eigenvalue weighted by molar-refractivity contribution is -0.235. The van der Waals surface area contributed by atoms with E-state index in [1.54, 1.807) is 0 Å². The van der Waals surface area contributed by atoms with E-state index in [0.717, 1.165) is 6.07 Å². The number of hydrogen-bond donors (Lipinski definition) is 5. The molecule has 1 aromatic rings. The van der Waals surface area contributed by atoms with Crippen molar-refractivity contribution in [2.75, 3.05) is 13.7 Å². The van der Waals surface area contributed by atoms with E-state index in [0.29, 0.717) is 0 Å². The highest BCUT2D eigenvalue weighted by atomic mass is 16.6. The summed E-state index contributed by atoms with van der Waals surface area (Å²) in [7, 11) is 1.22. The van der Waals surface area contributed by atoms with Gasteiger partial charge in [-0.1, -0.05) is 0 Å². The largest absolute Gasteiger partial charge is 0.504 e. The first kappa shape index (κ1) is 15.8. The first-order chi connectivity index (χ1) is 10.9. The normalized spacial score (nSPS) is 32.7. The van der Waals surface area contributed by atoms with Crippen molar-refractivity contribution >= 4 is 5.97 Å². The summed E-state index contributed by atoms with van der Waals surface area (Å²) < 4.78 is 15.4. The molecule has 1 fully saturated rings. The zero-order valence-electron chi connectivity index (χ0n) is 12.0. The third-order valence-electron chi connectivity index (χ3n) is 4.09. The van der Waals surface area contributed by atoms with E-state index in [-0.39, 0.29) is 16.9 Å². The zero-order chi connectivity index (χ0) is 16.9. The zero-order valence-corrected chi connectivity index (χ0v) is 12.0. The average molecular weight is 328 g/mol. The van der Waals surface area contributed by atoms with Crippen molar-refractivity contribution in [2.45, 2.75) is 30.5 Å². The van der Waals surface area contributed by atoms with Gasteiger partial charge in [0.25, 0.3) is 0 Å². The van der Waals surface area contributed by atoms with Gasteiger partial charge >= 0.3 is 5.97 Å². The molecule has 3 unspecified atom stereocenters. The van der Waals surface area contributed by atoms with E-state index in [1.807, 2.05) is 0 Å². The van der Waals surface area contributed by atoms with Crippen molar-refractivity contribution in [1.29, 1.82) is 0 Å². The molecule has 1 aromatic carbocycles. The summed E-state index contributed by atoms with van der Waals surface area (Å²) in [6.45, 7) is -0.583. The summed E-state index contributed by atoms with van der Waals surface area (Å²) in [6, 6.07) is 1.06. The number of carbonyl (C=O) groups is 1. The molecule has 23 heavy (non-hydrogen) atoms. The van der Waals surface area contributed by atoms with Crippen LogP contribution in [0.2, 0.25) is 0 Å². The highest BCUT2D eigenvalue weighted by Gasteiger charge is 2.52. The minimum absolute atomic E-state index is 0.0368. The fourth-order valence-corrected chi connectivity index (χ4v) is 2.95. The van der Waals surface area contributed by atoms with Crippen molar-refractivity contribution in [2.24, 2.45) is 0 Å². The molecule has 2 aliphatic heterocycles. The molecule has 5 atom stereocenters. The smallest absolute Gasteiger partial charge is 0.339 e. The van der Waals surface area contributed by atoms with Gasteiger partial charge in [0, 0.05) is 5.56 Å². The van der Waals surface area contributed by atoms with Crippen LogP contribution in [0.1, 0.15) is 22.0 Å². The molecule has 0 amide bonds. The number of aromatic hydroxyl groups is 2. The molecule has 9 heteroatoms. The standard InChI is InChI=1S/C14H16O9/c1-21-11-5(16)2-4-7(9(11)18)12-13(23-14(4)20)10(19)8(17)6(3-15)22-12/h2,6,8,10,12-13,15-19H,3H2,1H3/t6?,8-,10?,12?,13-/m1/s1. The molecule has 0 radical (unpaired) electrons. The maximum atomic E-state index is 12.1. The van der Waals surface area contributed by atoms with Crippen molar-refractivity contribution in [3.63, 3.8) is 0 Å². The van der Waals surface area contributed by atoms with Gasteiger partial charge in [-0.15, -0.1) is 0 Å². The number of rotatable bonds is 2. The Morgan fingerprint density at radius 1 is 1.26 bits per heavy atom. The maximum Gasteiger partial charge on any atom is 0.339 e. The van der Waals surface area contributed by atoms with Gasteiger partial charge in [-0.2, -0.15) is 0 Å². The van der Waals surface area contributed by atoms with Gasteiger partial charge < -0.3 is 39.7 Å². The van der Waals surface area contributed by atoms with E-state index in [2.05, 4.69) is 0 Å². The first-order valence-electron chi connectivity index (χ1n) is 6.87. The topological polar surface area (TPSA) is 146 Å². The van der Waals surface area contributed by atoms with Crippen LogP contribution in [0, 0.1) is 0 Å². The average Bonchev–Trinajstić information content (AvgIpc) is 2.52. The lowest BCUT2D eigenvalue weighted by Gasteiger charge is -2.44. The summed E-state index contributed by atoms with van der Waals surface area (Å²) in [6.07, 6.45) is -6.50. The van der Waals surface area contributed by atoms with E-state index >= 15 is 0 Å². The Morgan fingerprint density at radius 3 is 2.57 bits per heavy atom. The van der Waals surface area contributed by atoms with E-state index in [1.165, 1.54) is 7.11 Å². The Kier molecular flexibility index (Phi) is 3.80. The van der Waals surface area contributed by atoms with Crippen LogP contribution < -0.4 is 4.74 Å². The van der Waals surface area contributed by atoms with Gasteiger partial charge in [0.05, 0.1) is 19.3 Å². The Labute approximate surface area is 130 Å². The number of ether oxygens (including phenoxy) is 3. The monoisotopic (exact) mass is 328 g/mol.